The second kappa shape index (κ2) is 11.0. The summed E-state index contributed by atoms with van der Waals surface area (Å²) in [5.74, 6) is -0.757. The largest absolute Gasteiger partial charge is 0.468 e. The van der Waals surface area contributed by atoms with Crippen molar-refractivity contribution in [2.24, 2.45) is 10.2 Å². The fraction of sp³-hybridized carbons (Fsp3) is 0.250. The predicted molar refractivity (Wildman–Crippen MR) is 120 cm³/mol. The number of hydrogen-bond donors (Lipinski definition) is 1. The van der Waals surface area contributed by atoms with Gasteiger partial charge in [0.25, 0.3) is 5.69 Å². The molecule has 0 radical (unpaired) electrons. The molecule has 11 nitrogen and oxygen atoms in total. The number of benzene rings is 2. The molecule has 0 heterocycles. The van der Waals surface area contributed by atoms with Crippen molar-refractivity contribution in [1.82, 2.24) is 0 Å². The van der Waals surface area contributed by atoms with E-state index in [1.165, 1.54) is 20.1 Å². The summed E-state index contributed by atoms with van der Waals surface area (Å²) in [5, 5.41) is 31.2. The number of carbonyl (C=O) groups is 2. The Morgan fingerprint density at radius 1 is 1.31 bits per heavy atom. The number of anilines is 2. The first-order chi connectivity index (χ1) is 15.2. The quantitative estimate of drug-likeness (QED) is 0.239. The van der Waals surface area contributed by atoms with Gasteiger partial charge in [-0.3, -0.25) is 19.7 Å². The Kier molecular flexibility index (Phi) is 8.37. The molecule has 0 unspecified atom stereocenters. The number of nitrogens with one attached hydrogen (secondary N) is 1. The predicted octanol–water partition coefficient (Wildman–Crippen LogP) is 4.60. The van der Waals surface area contributed by atoms with Crippen LogP contribution >= 0.6 is 15.9 Å². The van der Waals surface area contributed by atoms with Gasteiger partial charge in [0.05, 0.1) is 27.8 Å². The van der Waals surface area contributed by atoms with Crippen molar-refractivity contribution in [3.05, 3.63) is 50.5 Å². The molecule has 0 atom stereocenters. The van der Waals surface area contributed by atoms with Gasteiger partial charge >= 0.3 is 5.97 Å². The number of likely N-dealkylation sites (N-methyl/N-ethyl adjacent to an activating group) is 1. The van der Waals surface area contributed by atoms with Gasteiger partial charge in [0.15, 0.2) is 0 Å². The van der Waals surface area contributed by atoms with Gasteiger partial charge in [-0.15, -0.1) is 10.2 Å². The van der Waals surface area contributed by atoms with Crippen molar-refractivity contribution < 1.29 is 19.2 Å². The number of amides is 1. The van der Waals surface area contributed by atoms with Gasteiger partial charge in [-0.05, 0) is 41.1 Å². The number of nitrogens with zero attached hydrogens (tertiary/aromatic N) is 5. The standard InChI is InChI=1S/C20H19BrN6O5/c1-4-26(11-19(29)32-3)14-5-6-17(18(9-14)23-12(2)28)24-25-20-13(10-22)7-15(27(30)31)8-16(20)21/h5-9H,4,11H2,1-3H3,(H,23,28). The Morgan fingerprint density at radius 3 is 2.59 bits per heavy atom. The molecule has 166 valence electrons. The van der Waals surface area contributed by atoms with Crippen LogP contribution in [0.15, 0.2) is 45.0 Å². The van der Waals surface area contributed by atoms with E-state index in [9.17, 15) is 25.0 Å². The van der Waals surface area contributed by atoms with Crippen molar-refractivity contribution in [2.45, 2.75) is 13.8 Å². The molecule has 32 heavy (non-hydrogen) atoms. The Labute approximate surface area is 192 Å². The maximum absolute atomic E-state index is 11.7. The third kappa shape index (κ3) is 6.08. The molecule has 0 aliphatic heterocycles. The molecule has 0 saturated carbocycles. The number of non-ortho nitro benzene ring substituents is 1. The third-order valence-electron chi connectivity index (χ3n) is 4.22. The molecule has 2 aromatic carbocycles. The fourth-order valence-electron chi connectivity index (χ4n) is 2.68. The van der Waals surface area contributed by atoms with Crippen LogP contribution in [0.2, 0.25) is 0 Å². The summed E-state index contributed by atoms with van der Waals surface area (Å²) in [6.07, 6.45) is 0. The zero-order chi connectivity index (χ0) is 23.8. The van der Waals surface area contributed by atoms with Crippen LogP contribution in [0.3, 0.4) is 0 Å². The number of ether oxygens (including phenoxy) is 1. The van der Waals surface area contributed by atoms with Crippen molar-refractivity contribution in [3.63, 3.8) is 0 Å². The van der Waals surface area contributed by atoms with E-state index in [-0.39, 0.29) is 39.6 Å². The summed E-state index contributed by atoms with van der Waals surface area (Å²) in [7, 11) is 1.30. The number of hydrogen-bond acceptors (Lipinski definition) is 9. The van der Waals surface area contributed by atoms with Gasteiger partial charge in [0, 0.05) is 31.3 Å². The van der Waals surface area contributed by atoms with E-state index in [4.69, 9.17) is 4.74 Å². The number of carbonyl (C=O) groups excluding carboxylic acids is 2. The van der Waals surface area contributed by atoms with Crippen molar-refractivity contribution in [2.75, 3.05) is 30.4 Å². The molecular formula is C20H19BrN6O5. The van der Waals surface area contributed by atoms with Crippen LogP contribution in [-0.4, -0.2) is 37.0 Å². The molecule has 1 N–H and O–H groups in total. The summed E-state index contributed by atoms with van der Waals surface area (Å²) in [6.45, 7) is 3.73. The van der Waals surface area contributed by atoms with E-state index in [2.05, 4.69) is 31.5 Å². The van der Waals surface area contributed by atoms with Gasteiger partial charge in [0.2, 0.25) is 5.91 Å². The summed E-state index contributed by atoms with van der Waals surface area (Å²) >= 11 is 3.18. The maximum atomic E-state index is 11.7. The summed E-state index contributed by atoms with van der Waals surface area (Å²) in [6, 6.07) is 9.11. The number of halogens is 1. The maximum Gasteiger partial charge on any atom is 0.325 e. The van der Waals surface area contributed by atoms with Crippen molar-refractivity contribution >= 4 is 56.2 Å². The minimum absolute atomic E-state index is 0.0225. The molecular weight excluding hydrogens is 484 g/mol. The lowest BCUT2D eigenvalue weighted by molar-refractivity contribution is -0.384. The summed E-state index contributed by atoms with van der Waals surface area (Å²) in [5.41, 5.74) is 1.07. The van der Waals surface area contributed by atoms with E-state index in [1.807, 2.05) is 13.0 Å². The minimum atomic E-state index is -0.617. The number of azo groups is 1. The number of methoxy groups -OCH3 is 1. The first kappa shape index (κ1) is 24.4. The first-order valence-electron chi connectivity index (χ1n) is 9.23. The molecule has 0 aliphatic rings. The lowest BCUT2D eigenvalue weighted by atomic mass is 10.2. The van der Waals surface area contributed by atoms with Crippen LogP contribution < -0.4 is 10.2 Å². The first-order valence-corrected chi connectivity index (χ1v) is 10.0. The van der Waals surface area contributed by atoms with Crippen molar-refractivity contribution in [1.29, 1.82) is 5.26 Å². The van der Waals surface area contributed by atoms with Crippen LogP contribution in [0.4, 0.5) is 28.4 Å². The number of nitro groups is 1. The highest BCUT2D eigenvalue weighted by Gasteiger charge is 2.16. The van der Waals surface area contributed by atoms with Gasteiger partial charge in [0.1, 0.15) is 24.0 Å². The highest BCUT2D eigenvalue weighted by Crippen LogP contribution is 2.36. The molecule has 0 saturated heterocycles. The zero-order valence-corrected chi connectivity index (χ0v) is 19.0. The molecule has 0 aromatic heterocycles. The number of nitriles is 1. The Morgan fingerprint density at radius 2 is 2.03 bits per heavy atom. The Bertz CT molecular complexity index is 1130. The second-order valence-electron chi connectivity index (χ2n) is 6.37. The van der Waals surface area contributed by atoms with E-state index >= 15 is 0 Å². The Balaban J connectivity index is 2.48. The second-order valence-corrected chi connectivity index (χ2v) is 7.22. The van der Waals surface area contributed by atoms with Gasteiger partial charge in [-0.1, -0.05) is 0 Å². The van der Waals surface area contributed by atoms with E-state index in [1.54, 1.807) is 23.1 Å². The molecule has 0 spiro atoms. The van der Waals surface area contributed by atoms with Crippen LogP contribution in [0.5, 0.6) is 0 Å². The van der Waals surface area contributed by atoms with Crippen LogP contribution in [0.1, 0.15) is 19.4 Å². The molecule has 12 heteroatoms. The lowest BCUT2D eigenvalue weighted by Crippen LogP contribution is -2.30. The van der Waals surface area contributed by atoms with E-state index in [0.717, 1.165) is 6.07 Å². The monoisotopic (exact) mass is 502 g/mol. The number of rotatable bonds is 8. The smallest absolute Gasteiger partial charge is 0.325 e. The van der Waals surface area contributed by atoms with Gasteiger partial charge in [-0.2, -0.15) is 5.26 Å². The highest BCUT2D eigenvalue weighted by molar-refractivity contribution is 9.10. The molecule has 0 aliphatic carbocycles. The van der Waals surface area contributed by atoms with E-state index in [0.29, 0.717) is 17.9 Å². The molecule has 0 bridgehead atoms. The van der Waals surface area contributed by atoms with Crippen LogP contribution in [0, 0.1) is 21.4 Å². The topological polar surface area (TPSA) is 150 Å². The minimum Gasteiger partial charge on any atom is -0.468 e. The lowest BCUT2D eigenvalue weighted by Gasteiger charge is -2.22. The van der Waals surface area contributed by atoms with Gasteiger partial charge in [-0.25, -0.2) is 0 Å². The average Bonchev–Trinajstić information content (AvgIpc) is 2.76. The van der Waals surface area contributed by atoms with Gasteiger partial charge < -0.3 is 15.0 Å². The zero-order valence-electron chi connectivity index (χ0n) is 17.5. The van der Waals surface area contributed by atoms with Crippen LogP contribution in [-0.2, 0) is 14.3 Å². The summed E-state index contributed by atoms with van der Waals surface area (Å²) in [4.78, 5) is 35.5. The van der Waals surface area contributed by atoms with Crippen molar-refractivity contribution in [3.8, 4) is 6.07 Å². The summed E-state index contributed by atoms with van der Waals surface area (Å²) < 4.78 is 4.93. The SMILES string of the molecule is CCN(CC(=O)OC)c1ccc(N=Nc2c(Br)cc([N+](=O)[O-])cc2C#N)c(NC(C)=O)c1. The van der Waals surface area contributed by atoms with Crippen LogP contribution in [0.25, 0.3) is 0 Å². The molecule has 2 aromatic rings. The third-order valence-corrected chi connectivity index (χ3v) is 4.83. The molecule has 2 rings (SSSR count). The average molecular weight is 503 g/mol. The Hall–Kier alpha value is -3.85. The van der Waals surface area contributed by atoms with E-state index < -0.39 is 10.9 Å². The fourth-order valence-corrected chi connectivity index (χ4v) is 3.21. The number of esters is 1. The molecule has 1 amide bonds. The molecule has 0 fully saturated rings. The highest BCUT2D eigenvalue weighted by atomic mass is 79.9. The normalized spacial score (nSPS) is 10.5. The number of nitro benzene ring substituents is 1.